The maximum Gasteiger partial charge on any atom is 0.334 e. The van der Waals surface area contributed by atoms with E-state index < -0.39 is 41.8 Å². The van der Waals surface area contributed by atoms with Crippen LogP contribution in [0.4, 0.5) is 0 Å². The van der Waals surface area contributed by atoms with E-state index in [2.05, 4.69) is 13.2 Å². The first-order valence-corrected chi connectivity index (χ1v) is 8.65. The number of ether oxygens (including phenoxy) is 3. The molecular weight excluding hydrogens is 352 g/mol. The van der Waals surface area contributed by atoms with Crippen LogP contribution >= 0.6 is 0 Å². The van der Waals surface area contributed by atoms with Crippen LogP contribution in [0.15, 0.2) is 47.8 Å². The van der Waals surface area contributed by atoms with Gasteiger partial charge in [-0.05, 0) is 20.8 Å². The summed E-state index contributed by atoms with van der Waals surface area (Å²) in [6, 6.07) is 0. The van der Waals surface area contributed by atoms with Crippen LogP contribution in [0.1, 0.15) is 27.2 Å². The molecule has 3 heterocycles. The van der Waals surface area contributed by atoms with Gasteiger partial charge in [-0.15, -0.1) is 0 Å². The second-order valence-corrected chi connectivity index (χ2v) is 7.22. The fourth-order valence-corrected chi connectivity index (χ4v) is 3.52. The van der Waals surface area contributed by atoms with Crippen LogP contribution in [0.2, 0.25) is 0 Å². The molecule has 2 bridgehead atoms. The van der Waals surface area contributed by atoms with Crippen molar-refractivity contribution in [1.82, 2.24) is 0 Å². The van der Waals surface area contributed by atoms with Gasteiger partial charge in [-0.3, -0.25) is 4.79 Å². The Hall–Kier alpha value is -2.67. The largest absolute Gasteiger partial charge is 0.479 e. The van der Waals surface area contributed by atoms with Gasteiger partial charge in [0.15, 0.2) is 5.60 Å². The highest BCUT2D eigenvalue weighted by molar-refractivity contribution is 6.00. The molecule has 2 fully saturated rings. The van der Waals surface area contributed by atoms with E-state index >= 15 is 0 Å². The summed E-state index contributed by atoms with van der Waals surface area (Å²) >= 11 is 0. The first kappa shape index (κ1) is 19.1. The lowest BCUT2D eigenvalue weighted by molar-refractivity contribution is -0.155. The SMILES string of the molecule is C=C1C(=O)O[C@H]2[C@H]1[C@H](OC(=O)/C(C)=C\C)C[C@@]1(C)OC(=CC1=O)C(=C)[C@@H]2O. The summed E-state index contributed by atoms with van der Waals surface area (Å²) in [5, 5.41) is 10.7. The van der Waals surface area contributed by atoms with Crippen molar-refractivity contribution in [1.29, 1.82) is 0 Å². The molecule has 3 aliphatic heterocycles. The Morgan fingerprint density at radius 3 is 2.67 bits per heavy atom. The predicted octanol–water partition coefficient (Wildman–Crippen LogP) is 1.52. The Kier molecular flexibility index (Phi) is 4.59. The fourth-order valence-electron chi connectivity index (χ4n) is 3.52. The van der Waals surface area contributed by atoms with Crippen molar-refractivity contribution in [3.8, 4) is 0 Å². The molecule has 0 saturated carbocycles. The summed E-state index contributed by atoms with van der Waals surface area (Å²) in [5.41, 5.74) is -0.741. The van der Waals surface area contributed by atoms with Gasteiger partial charge in [0.25, 0.3) is 0 Å². The normalized spacial score (nSPS) is 36.1. The van der Waals surface area contributed by atoms with Crippen molar-refractivity contribution in [3.05, 3.63) is 47.8 Å². The standard InChI is InChI=1S/C20H22O7/c1-6-9(2)18(23)25-13-8-20(5)14(21)7-12(27-20)10(3)16(22)17-15(13)11(4)19(24)26-17/h6-7,13,15-17,22H,3-4,8H2,1-2,5H3/b9-6-/t13-,15-,16+,17+,20-/m1/s1. The maximum atomic E-state index is 12.5. The number of carbonyl (C=O) groups excluding carboxylic acids is 3. The molecule has 2 saturated heterocycles. The first-order chi connectivity index (χ1) is 12.6. The van der Waals surface area contributed by atoms with E-state index in [1.165, 1.54) is 6.08 Å². The van der Waals surface area contributed by atoms with Gasteiger partial charge in [0.2, 0.25) is 5.78 Å². The van der Waals surface area contributed by atoms with Crippen LogP contribution < -0.4 is 0 Å². The summed E-state index contributed by atoms with van der Waals surface area (Å²) < 4.78 is 16.7. The molecule has 3 aliphatic rings. The molecule has 0 aromatic carbocycles. The molecular formula is C20H22O7. The highest BCUT2D eigenvalue weighted by atomic mass is 16.6. The molecule has 0 aromatic rings. The van der Waals surface area contributed by atoms with Crippen molar-refractivity contribution in [2.75, 3.05) is 0 Å². The van der Waals surface area contributed by atoms with E-state index in [0.717, 1.165) is 0 Å². The third kappa shape index (κ3) is 3.02. The van der Waals surface area contributed by atoms with Crippen LogP contribution in [0.25, 0.3) is 0 Å². The van der Waals surface area contributed by atoms with Gasteiger partial charge in [0.05, 0.1) is 5.92 Å². The van der Waals surface area contributed by atoms with Gasteiger partial charge < -0.3 is 19.3 Å². The zero-order valence-electron chi connectivity index (χ0n) is 15.5. The van der Waals surface area contributed by atoms with Crippen molar-refractivity contribution < 1.29 is 33.7 Å². The second-order valence-electron chi connectivity index (χ2n) is 7.22. The minimum atomic E-state index is -1.33. The summed E-state index contributed by atoms with van der Waals surface area (Å²) in [5.74, 6) is -2.29. The Balaban J connectivity index is 2.07. The highest BCUT2D eigenvalue weighted by Gasteiger charge is 2.55. The second kappa shape index (κ2) is 6.49. The first-order valence-electron chi connectivity index (χ1n) is 8.65. The molecule has 0 amide bonds. The topological polar surface area (TPSA) is 99.1 Å². The lowest BCUT2D eigenvalue weighted by Crippen LogP contribution is -2.45. The number of hydrogen-bond acceptors (Lipinski definition) is 7. The number of aliphatic hydroxyl groups excluding tert-OH is 1. The van der Waals surface area contributed by atoms with Crippen LogP contribution in [0, 0.1) is 5.92 Å². The van der Waals surface area contributed by atoms with Gasteiger partial charge in [-0.25, -0.2) is 9.59 Å². The van der Waals surface area contributed by atoms with E-state index in [9.17, 15) is 19.5 Å². The number of esters is 2. The Labute approximate surface area is 157 Å². The van der Waals surface area contributed by atoms with Gasteiger partial charge in [-0.1, -0.05) is 19.2 Å². The molecule has 144 valence electrons. The molecule has 7 heteroatoms. The van der Waals surface area contributed by atoms with E-state index in [1.54, 1.807) is 26.8 Å². The van der Waals surface area contributed by atoms with Crippen LogP contribution in [-0.4, -0.2) is 46.7 Å². The predicted molar refractivity (Wildman–Crippen MR) is 94.2 cm³/mol. The maximum absolute atomic E-state index is 12.5. The van der Waals surface area contributed by atoms with Crippen molar-refractivity contribution in [2.24, 2.45) is 5.92 Å². The van der Waals surface area contributed by atoms with Crippen LogP contribution in [0.3, 0.4) is 0 Å². The lowest BCUT2D eigenvalue weighted by atomic mass is 9.80. The summed E-state index contributed by atoms with van der Waals surface area (Å²) in [6.45, 7) is 12.4. The lowest BCUT2D eigenvalue weighted by Gasteiger charge is -2.32. The molecule has 0 spiro atoms. The van der Waals surface area contributed by atoms with Gasteiger partial charge in [0, 0.05) is 29.2 Å². The highest BCUT2D eigenvalue weighted by Crippen LogP contribution is 2.44. The molecule has 0 unspecified atom stereocenters. The average Bonchev–Trinajstić information content (AvgIpc) is 3.08. The van der Waals surface area contributed by atoms with Crippen LogP contribution in [-0.2, 0) is 28.6 Å². The zero-order valence-corrected chi connectivity index (χ0v) is 15.5. The van der Waals surface area contributed by atoms with Crippen molar-refractivity contribution >= 4 is 17.7 Å². The number of hydrogen-bond donors (Lipinski definition) is 1. The quantitative estimate of drug-likeness (QED) is 0.578. The Morgan fingerprint density at radius 1 is 1.37 bits per heavy atom. The summed E-state index contributed by atoms with van der Waals surface area (Å²) in [4.78, 5) is 37.0. The number of allylic oxidation sites excluding steroid dienone is 1. The van der Waals surface area contributed by atoms with Crippen molar-refractivity contribution in [3.63, 3.8) is 0 Å². The number of ketones is 1. The van der Waals surface area contributed by atoms with E-state index in [-0.39, 0.29) is 29.1 Å². The molecule has 7 nitrogen and oxygen atoms in total. The third-order valence-corrected chi connectivity index (χ3v) is 5.37. The molecule has 3 rings (SSSR count). The zero-order chi connectivity index (χ0) is 20.1. The van der Waals surface area contributed by atoms with Crippen LogP contribution in [0.5, 0.6) is 0 Å². The molecule has 0 aromatic heterocycles. The third-order valence-electron chi connectivity index (χ3n) is 5.37. The van der Waals surface area contributed by atoms with E-state index in [4.69, 9.17) is 14.2 Å². The van der Waals surface area contributed by atoms with Gasteiger partial charge in [0.1, 0.15) is 24.1 Å². The summed E-state index contributed by atoms with van der Waals surface area (Å²) in [7, 11) is 0. The van der Waals surface area contributed by atoms with Crippen molar-refractivity contribution in [2.45, 2.75) is 51.1 Å². The van der Waals surface area contributed by atoms with Gasteiger partial charge >= 0.3 is 11.9 Å². The Bertz CT molecular complexity index is 818. The monoisotopic (exact) mass is 374 g/mol. The fraction of sp³-hybridized carbons (Fsp3) is 0.450. The van der Waals surface area contributed by atoms with Gasteiger partial charge in [-0.2, -0.15) is 0 Å². The minimum absolute atomic E-state index is 0.0224. The molecule has 27 heavy (non-hydrogen) atoms. The minimum Gasteiger partial charge on any atom is -0.479 e. The summed E-state index contributed by atoms with van der Waals surface area (Å²) in [6.07, 6.45) is -0.502. The molecule has 0 aliphatic carbocycles. The molecule has 1 N–H and O–H groups in total. The molecule has 0 radical (unpaired) electrons. The van der Waals surface area contributed by atoms with E-state index in [1.807, 2.05) is 0 Å². The number of aliphatic hydroxyl groups is 1. The average molecular weight is 374 g/mol. The smallest absolute Gasteiger partial charge is 0.334 e. The van der Waals surface area contributed by atoms with E-state index in [0.29, 0.717) is 5.57 Å². The number of rotatable bonds is 2. The number of carbonyl (C=O) groups is 3. The Morgan fingerprint density at radius 2 is 2.04 bits per heavy atom. The molecule has 5 atom stereocenters. The number of fused-ring (bicyclic) bond motifs is 3.